The highest BCUT2D eigenvalue weighted by Crippen LogP contribution is 2.32. The van der Waals surface area contributed by atoms with Gasteiger partial charge in [0.1, 0.15) is 0 Å². The molecule has 4 aliphatic heterocycles. The van der Waals surface area contributed by atoms with Crippen molar-refractivity contribution >= 4 is 17.5 Å². The quantitative estimate of drug-likeness (QED) is 0.778. The van der Waals surface area contributed by atoms with Crippen molar-refractivity contribution in [3.05, 3.63) is 29.3 Å². The number of benzene rings is 1. The van der Waals surface area contributed by atoms with Crippen LogP contribution < -0.4 is 15.5 Å². The van der Waals surface area contributed by atoms with Crippen LogP contribution in [0.25, 0.3) is 0 Å². The highest BCUT2D eigenvalue weighted by molar-refractivity contribution is 6.00. The van der Waals surface area contributed by atoms with Gasteiger partial charge in [-0.2, -0.15) is 0 Å². The fourth-order valence-electron chi connectivity index (χ4n) is 4.86. The maximum Gasteiger partial charge on any atom is 0.243 e. The van der Waals surface area contributed by atoms with Crippen molar-refractivity contribution < 1.29 is 9.59 Å². The Morgan fingerprint density at radius 1 is 0.960 bits per heavy atom. The van der Waals surface area contributed by atoms with Crippen LogP contribution in [0.3, 0.4) is 0 Å². The number of imide groups is 1. The maximum atomic E-state index is 12.1. The zero-order valence-electron chi connectivity index (χ0n) is 14.3. The molecule has 0 spiro atoms. The van der Waals surface area contributed by atoms with E-state index in [1.54, 1.807) is 0 Å². The van der Waals surface area contributed by atoms with Gasteiger partial charge in [0.15, 0.2) is 0 Å². The van der Waals surface area contributed by atoms with Crippen LogP contribution in [-0.4, -0.2) is 47.9 Å². The van der Waals surface area contributed by atoms with Crippen molar-refractivity contribution in [2.24, 2.45) is 0 Å². The molecule has 3 fully saturated rings. The van der Waals surface area contributed by atoms with Crippen molar-refractivity contribution in [1.29, 1.82) is 0 Å². The fraction of sp³-hybridized carbons (Fsp3) is 0.579. The van der Waals surface area contributed by atoms with Gasteiger partial charge in [0, 0.05) is 50.4 Å². The minimum absolute atomic E-state index is 0.136. The van der Waals surface area contributed by atoms with Crippen LogP contribution in [-0.2, 0) is 22.7 Å². The molecule has 3 atom stereocenters. The second-order valence-corrected chi connectivity index (χ2v) is 7.87. The Morgan fingerprint density at radius 2 is 1.72 bits per heavy atom. The summed E-state index contributed by atoms with van der Waals surface area (Å²) >= 11 is 0. The number of anilines is 1. The Labute approximate surface area is 147 Å². The summed E-state index contributed by atoms with van der Waals surface area (Å²) in [6, 6.07) is 7.85. The molecule has 0 aliphatic carbocycles. The van der Waals surface area contributed by atoms with Gasteiger partial charge in [0.25, 0.3) is 0 Å². The molecule has 0 aromatic heterocycles. The van der Waals surface area contributed by atoms with Gasteiger partial charge >= 0.3 is 0 Å². The molecule has 2 N–H and O–H groups in total. The Hall–Kier alpha value is -1.92. The maximum absolute atomic E-state index is 12.1. The molecule has 6 heteroatoms. The van der Waals surface area contributed by atoms with E-state index in [4.69, 9.17) is 0 Å². The summed E-state index contributed by atoms with van der Waals surface area (Å²) < 4.78 is 0. The highest BCUT2D eigenvalue weighted by atomic mass is 16.2. The number of fused-ring (bicyclic) bond motifs is 3. The van der Waals surface area contributed by atoms with Gasteiger partial charge in [-0.25, -0.2) is 0 Å². The Morgan fingerprint density at radius 3 is 2.48 bits per heavy atom. The second-order valence-electron chi connectivity index (χ2n) is 7.87. The van der Waals surface area contributed by atoms with Gasteiger partial charge in [-0.1, -0.05) is 6.07 Å². The lowest BCUT2D eigenvalue weighted by Gasteiger charge is -2.34. The van der Waals surface area contributed by atoms with Crippen LogP contribution >= 0.6 is 0 Å². The first-order valence-corrected chi connectivity index (χ1v) is 9.36. The van der Waals surface area contributed by atoms with Crippen molar-refractivity contribution in [1.82, 2.24) is 15.5 Å². The molecule has 3 unspecified atom stereocenters. The minimum atomic E-state index is -0.177. The van der Waals surface area contributed by atoms with Gasteiger partial charge in [0.05, 0.1) is 6.04 Å². The van der Waals surface area contributed by atoms with E-state index in [1.807, 2.05) is 0 Å². The van der Waals surface area contributed by atoms with E-state index in [2.05, 4.69) is 38.6 Å². The average molecular weight is 340 g/mol. The van der Waals surface area contributed by atoms with Gasteiger partial charge < -0.3 is 10.2 Å². The van der Waals surface area contributed by atoms with Crippen LogP contribution in [0.4, 0.5) is 5.69 Å². The molecule has 1 aromatic carbocycles. The lowest BCUT2D eigenvalue weighted by atomic mass is 10.0. The van der Waals surface area contributed by atoms with E-state index in [0.717, 1.165) is 26.2 Å². The van der Waals surface area contributed by atoms with Gasteiger partial charge in [-0.15, -0.1) is 0 Å². The monoisotopic (exact) mass is 340 g/mol. The van der Waals surface area contributed by atoms with E-state index in [1.165, 1.54) is 29.7 Å². The van der Waals surface area contributed by atoms with Crippen molar-refractivity contribution in [3.63, 3.8) is 0 Å². The largest absolute Gasteiger partial charge is 0.368 e. The zero-order valence-corrected chi connectivity index (χ0v) is 14.3. The number of hydrogen-bond acceptors (Lipinski definition) is 5. The second kappa shape index (κ2) is 5.81. The molecule has 3 saturated heterocycles. The first-order valence-electron chi connectivity index (χ1n) is 9.36. The Balaban J connectivity index is 1.32. The first kappa shape index (κ1) is 15.3. The molecule has 4 aliphatic rings. The number of carbonyl (C=O) groups excluding carboxylic acids is 2. The number of piperidine rings is 1. The standard InChI is InChI=1S/C19H24N4O2/c24-18-6-5-17(19(25)21-18)23-8-12-1-4-16(7-13(12)9-23)22-10-14-2-3-15(11-22)20-14/h1,4,7,14-15,17,20H,2-3,5-6,8-11H2,(H,21,24,25). The first-order chi connectivity index (χ1) is 12.2. The predicted octanol–water partition coefficient (Wildman–Crippen LogP) is 0.748. The third kappa shape index (κ3) is 2.73. The molecule has 132 valence electrons. The smallest absolute Gasteiger partial charge is 0.243 e. The van der Waals surface area contributed by atoms with Crippen LogP contribution in [0.15, 0.2) is 18.2 Å². The molecule has 2 bridgehead atoms. The third-order valence-corrected chi connectivity index (χ3v) is 6.17. The summed E-state index contributed by atoms with van der Waals surface area (Å²) in [5.41, 5.74) is 3.95. The summed E-state index contributed by atoms with van der Waals surface area (Å²) in [4.78, 5) is 28.2. The summed E-state index contributed by atoms with van der Waals surface area (Å²) in [7, 11) is 0. The van der Waals surface area contributed by atoms with Gasteiger partial charge in [-0.05, 0) is 42.5 Å². The molecule has 0 saturated carbocycles. The van der Waals surface area contributed by atoms with Crippen LogP contribution in [0.1, 0.15) is 36.8 Å². The molecular weight excluding hydrogens is 316 g/mol. The lowest BCUT2D eigenvalue weighted by molar-refractivity contribution is -0.137. The topological polar surface area (TPSA) is 64.7 Å². The molecule has 25 heavy (non-hydrogen) atoms. The molecule has 6 nitrogen and oxygen atoms in total. The molecule has 1 aromatic rings. The number of amides is 2. The number of nitrogens with zero attached hydrogens (tertiary/aromatic N) is 2. The van der Waals surface area contributed by atoms with E-state index in [9.17, 15) is 9.59 Å². The Kier molecular flexibility index (Phi) is 3.57. The summed E-state index contributed by atoms with van der Waals surface area (Å²) in [5.74, 6) is -0.281. The van der Waals surface area contributed by atoms with Crippen molar-refractivity contribution in [2.45, 2.75) is 56.9 Å². The summed E-state index contributed by atoms with van der Waals surface area (Å²) in [5, 5.41) is 6.16. The number of carbonyl (C=O) groups is 2. The van der Waals surface area contributed by atoms with E-state index in [-0.39, 0.29) is 17.9 Å². The Bertz CT molecular complexity index is 722. The van der Waals surface area contributed by atoms with Crippen molar-refractivity contribution in [3.8, 4) is 0 Å². The normalized spacial score (nSPS) is 32.0. The summed E-state index contributed by atoms with van der Waals surface area (Å²) in [6.45, 7) is 3.78. The molecular formula is C19H24N4O2. The zero-order chi connectivity index (χ0) is 17.0. The van der Waals surface area contributed by atoms with E-state index in [0.29, 0.717) is 24.9 Å². The van der Waals surface area contributed by atoms with E-state index >= 15 is 0 Å². The predicted molar refractivity (Wildman–Crippen MR) is 94.0 cm³/mol. The fourth-order valence-corrected chi connectivity index (χ4v) is 4.86. The third-order valence-electron chi connectivity index (χ3n) is 6.17. The number of rotatable bonds is 2. The average Bonchev–Trinajstić information content (AvgIpc) is 3.16. The van der Waals surface area contributed by atoms with Crippen molar-refractivity contribution in [2.75, 3.05) is 18.0 Å². The molecule has 0 radical (unpaired) electrons. The number of hydrogen-bond donors (Lipinski definition) is 2. The minimum Gasteiger partial charge on any atom is -0.368 e. The van der Waals surface area contributed by atoms with Crippen LogP contribution in [0, 0.1) is 0 Å². The number of nitrogens with one attached hydrogen (secondary N) is 2. The molecule has 4 heterocycles. The SMILES string of the molecule is O=C1CCC(N2Cc3ccc(N4CC5CCC(C4)N5)cc3C2)C(=O)N1. The van der Waals surface area contributed by atoms with E-state index < -0.39 is 0 Å². The van der Waals surface area contributed by atoms with Gasteiger partial charge in [0.2, 0.25) is 11.8 Å². The molecule has 5 rings (SSSR count). The van der Waals surface area contributed by atoms with Crippen LogP contribution in [0.5, 0.6) is 0 Å². The van der Waals surface area contributed by atoms with Gasteiger partial charge in [-0.3, -0.25) is 19.8 Å². The summed E-state index contributed by atoms with van der Waals surface area (Å²) in [6.07, 6.45) is 3.65. The molecule has 2 amide bonds. The highest BCUT2D eigenvalue weighted by Gasteiger charge is 2.36. The number of piperazine rings is 1. The van der Waals surface area contributed by atoms with Crippen LogP contribution in [0.2, 0.25) is 0 Å². The lowest BCUT2D eigenvalue weighted by Crippen LogP contribution is -2.51.